The van der Waals surface area contributed by atoms with Crippen molar-refractivity contribution in [3.8, 4) is 28.6 Å². The Balaban J connectivity index is 1.92. The first-order valence-electron chi connectivity index (χ1n) is 8.20. The van der Waals surface area contributed by atoms with E-state index < -0.39 is 5.56 Å². The zero-order valence-electron chi connectivity index (χ0n) is 14.6. The summed E-state index contributed by atoms with van der Waals surface area (Å²) in [4.78, 5) is 17.1. The lowest BCUT2D eigenvalue weighted by molar-refractivity contribution is 0.425. The third-order valence-corrected chi connectivity index (χ3v) is 4.54. The molecule has 0 saturated heterocycles. The van der Waals surface area contributed by atoms with Gasteiger partial charge in [-0.3, -0.25) is 4.79 Å². The molecule has 0 unspecified atom stereocenters. The summed E-state index contributed by atoms with van der Waals surface area (Å²) >= 11 is 0. The Hall–Kier alpha value is -3.41. The lowest BCUT2D eigenvalue weighted by Crippen LogP contribution is -2.19. The second-order valence-corrected chi connectivity index (χ2v) is 6.35. The van der Waals surface area contributed by atoms with Gasteiger partial charge in [0.05, 0.1) is 5.52 Å². The van der Waals surface area contributed by atoms with E-state index in [2.05, 4.69) is 10.1 Å². The standard InChI is InChI=1S/C20H17N3O3/c1-11-8-9-13(12(2)10-11)18-21-19(26-22-18)16-17(24)14-6-4-5-7-15(14)23(3)20(16)25/h4-10,24H,1-3H3. The van der Waals surface area contributed by atoms with E-state index in [-0.39, 0.29) is 17.2 Å². The van der Waals surface area contributed by atoms with Crippen LogP contribution in [0.4, 0.5) is 0 Å². The highest BCUT2D eigenvalue weighted by atomic mass is 16.5. The van der Waals surface area contributed by atoms with Gasteiger partial charge in [-0.1, -0.05) is 41.1 Å². The molecule has 130 valence electrons. The molecule has 1 N–H and O–H groups in total. The van der Waals surface area contributed by atoms with Crippen LogP contribution in [0.5, 0.6) is 5.75 Å². The van der Waals surface area contributed by atoms with E-state index in [9.17, 15) is 9.90 Å². The van der Waals surface area contributed by atoms with Gasteiger partial charge in [0.2, 0.25) is 5.82 Å². The maximum Gasteiger partial charge on any atom is 0.267 e. The van der Waals surface area contributed by atoms with E-state index in [1.165, 1.54) is 4.57 Å². The lowest BCUT2D eigenvalue weighted by Gasteiger charge is -2.09. The summed E-state index contributed by atoms with van der Waals surface area (Å²) in [6, 6.07) is 13.0. The summed E-state index contributed by atoms with van der Waals surface area (Å²) in [5.41, 5.74) is 3.21. The number of hydrogen-bond donors (Lipinski definition) is 1. The molecule has 0 aliphatic heterocycles. The molecule has 0 radical (unpaired) electrons. The number of rotatable bonds is 2. The van der Waals surface area contributed by atoms with Crippen molar-refractivity contribution < 1.29 is 9.63 Å². The summed E-state index contributed by atoms with van der Waals surface area (Å²) in [7, 11) is 1.65. The maximum atomic E-state index is 12.7. The van der Waals surface area contributed by atoms with Crippen molar-refractivity contribution in [3.05, 3.63) is 63.9 Å². The number of nitrogens with zero attached hydrogens (tertiary/aromatic N) is 3. The van der Waals surface area contributed by atoms with Crippen molar-refractivity contribution >= 4 is 10.9 Å². The first-order valence-corrected chi connectivity index (χ1v) is 8.20. The Bertz CT molecular complexity index is 1200. The predicted molar refractivity (Wildman–Crippen MR) is 99.1 cm³/mol. The van der Waals surface area contributed by atoms with Gasteiger partial charge in [0, 0.05) is 18.0 Å². The van der Waals surface area contributed by atoms with E-state index in [1.807, 2.05) is 38.1 Å². The Morgan fingerprint density at radius 1 is 1.12 bits per heavy atom. The number of pyridine rings is 1. The number of aryl methyl sites for hydroxylation is 3. The molecular weight excluding hydrogens is 330 g/mol. The SMILES string of the molecule is Cc1ccc(-c2noc(-c3c(O)c4ccccc4n(C)c3=O)n2)c(C)c1. The van der Waals surface area contributed by atoms with Gasteiger partial charge in [-0.05, 0) is 31.5 Å². The molecule has 0 saturated carbocycles. The highest BCUT2D eigenvalue weighted by molar-refractivity contribution is 5.90. The molecule has 2 aromatic carbocycles. The monoisotopic (exact) mass is 347 g/mol. The molecule has 0 aliphatic carbocycles. The second-order valence-electron chi connectivity index (χ2n) is 6.35. The Kier molecular flexibility index (Phi) is 3.61. The number of hydrogen-bond acceptors (Lipinski definition) is 5. The van der Waals surface area contributed by atoms with Gasteiger partial charge >= 0.3 is 0 Å². The van der Waals surface area contributed by atoms with E-state index in [0.717, 1.165) is 16.7 Å². The number of aromatic hydroxyl groups is 1. The molecule has 2 aromatic heterocycles. The van der Waals surface area contributed by atoms with E-state index >= 15 is 0 Å². The fraction of sp³-hybridized carbons (Fsp3) is 0.150. The van der Waals surface area contributed by atoms with Gasteiger partial charge in [-0.2, -0.15) is 4.98 Å². The van der Waals surface area contributed by atoms with Crippen LogP contribution in [0.15, 0.2) is 51.8 Å². The quantitative estimate of drug-likeness (QED) is 0.599. The summed E-state index contributed by atoms with van der Waals surface area (Å²) in [5, 5.41) is 15.2. The molecule has 0 fully saturated rings. The number of aromatic nitrogens is 3. The average Bonchev–Trinajstić information content (AvgIpc) is 3.09. The van der Waals surface area contributed by atoms with Crippen LogP contribution in [-0.2, 0) is 7.05 Å². The van der Waals surface area contributed by atoms with Crippen LogP contribution in [0.2, 0.25) is 0 Å². The number of benzene rings is 2. The minimum absolute atomic E-state index is 0.00354. The molecule has 6 heteroatoms. The lowest BCUT2D eigenvalue weighted by atomic mass is 10.1. The van der Waals surface area contributed by atoms with Crippen molar-refractivity contribution in [3.63, 3.8) is 0 Å². The molecule has 4 rings (SSSR count). The first-order chi connectivity index (χ1) is 12.5. The van der Waals surface area contributed by atoms with Crippen LogP contribution in [0.1, 0.15) is 11.1 Å². The zero-order chi connectivity index (χ0) is 18.4. The molecule has 0 aliphatic rings. The van der Waals surface area contributed by atoms with Gasteiger partial charge in [0.25, 0.3) is 11.4 Å². The largest absolute Gasteiger partial charge is 0.506 e. The maximum absolute atomic E-state index is 12.7. The van der Waals surface area contributed by atoms with Crippen LogP contribution in [-0.4, -0.2) is 19.8 Å². The van der Waals surface area contributed by atoms with Gasteiger partial charge in [-0.15, -0.1) is 0 Å². The first kappa shape index (κ1) is 16.1. The van der Waals surface area contributed by atoms with Crippen LogP contribution in [0.3, 0.4) is 0 Å². The van der Waals surface area contributed by atoms with Crippen molar-refractivity contribution in [1.29, 1.82) is 0 Å². The minimum atomic E-state index is -0.392. The fourth-order valence-corrected chi connectivity index (χ4v) is 3.17. The van der Waals surface area contributed by atoms with Crippen molar-refractivity contribution in [1.82, 2.24) is 14.7 Å². The summed E-state index contributed by atoms with van der Waals surface area (Å²) < 4.78 is 6.79. The summed E-state index contributed by atoms with van der Waals surface area (Å²) in [6.07, 6.45) is 0. The summed E-state index contributed by atoms with van der Waals surface area (Å²) in [5.74, 6) is 0.232. The number of fused-ring (bicyclic) bond motifs is 1. The van der Waals surface area contributed by atoms with Crippen LogP contribution in [0.25, 0.3) is 33.7 Å². The molecule has 0 atom stereocenters. The molecule has 6 nitrogen and oxygen atoms in total. The molecule has 0 bridgehead atoms. The van der Waals surface area contributed by atoms with Crippen LogP contribution in [0, 0.1) is 13.8 Å². The van der Waals surface area contributed by atoms with Gasteiger partial charge in [-0.25, -0.2) is 0 Å². The molecule has 2 heterocycles. The average molecular weight is 347 g/mol. The van der Waals surface area contributed by atoms with Gasteiger partial charge in [0.15, 0.2) is 0 Å². The highest BCUT2D eigenvalue weighted by Gasteiger charge is 2.22. The zero-order valence-corrected chi connectivity index (χ0v) is 14.6. The van der Waals surface area contributed by atoms with E-state index in [1.54, 1.807) is 25.2 Å². The topological polar surface area (TPSA) is 81.2 Å². The Morgan fingerprint density at radius 3 is 2.65 bits per heavy atom. The minimum Gasteiger partial charge on any atom is -0.506 e. The molecule has 0 amide bonds. The summed E-state index contributed by atoms with van der Waals surface area (Å²) in [6.45, 7) is 3.97. The van der Waals surface area contributed by atoms with Crippen molar-refractivity contribution in [2.75, 3.05) is 0 Å². The highest BCUT2D eigenvalue weighted by Crippen LogP contribution is 2.33. The number of para-hydroxylation sites is 1. The third-order valence-electron chi connectivity index (χ3n) is 4.54. The third kappa shape index (κ3) is 2.38. The van der Waals surface area contributed by atoms with Crippen molar-refractivity contribution in [2.45, 2.75) is 13.8 Å². The normalized spacial score (nSPS) is 11.2. The van der Waals surface area contributed by atoms with Gasteiger partial charge in [0.1, 0.15) is 11.3 Å². The smallest absolute Gasteiger partial charge is 0.267 e. The molecule has 26 heavy (non-hydrogen) atoms. The van der Waals surface area contributed by atoms with Gasteiger partial charge < -0.3 is 14.2 Å². The predicted octanol–water partition coefficient (Wildman–Crippen LogP) is 3.58. The Labute approximate surface area is 149 Å². The fourth-order valence-electron chi connectivity index (χ4n) is 3.17. The second kappa shape index (κ2) is 5.84. The van der Waals surface area contributed by atoms with Crippen LogP contribution >= 0.6 is 0 Å². The van der Waals surface area contributed by atoms with Crippen LogP contribution < -0.4 is 5.56 Å². The Morgan fingerprint density at radius 2 is 1.88 bits per heavy atom. The van der Waals surface area contributed by atoms with E-state index in [0.29, 0.717) is 16.7 Å². The van der Waals surface area contributed by atoms with E-state index in [4.69, 9.17) is 4.52 Å². The molecule has 4 aromatic rings. The van der Waals surface area contributed by atoms with Crippen molar-refractivity contribution in [2.24, 2.45) is 7.05 Å². The molecular formula is C20H17N3O3. The molecule has 0 spiro atoms.